The van der Waals surface area contributed by atoms with E-state index in [0.29, 0.717) is 24.5 Å². The molecular formula is C16H15ClFN3O2. The van der Waals surface area contributed by atoms with E-state index in [2.05, 4.69) is 9.97 Å². The van der Waals surface area contributed by atoms with E-state index in [-0.39, 0.29) is 17.0 Å². The molecule has 1 aromatic carbocycles. The van der Waals surface area contributed by atoms with E-state index in [0.717, 1.165) is 18.9 Å². The van der Waals surface area contributed by atoms with Crippen LogP contribution < -0.4 is 4.74 Å². The molecule has 0 aliphatic carbocycles. The number of aromatic nitrogens is 2. The van der Waals surface area contributed by atoms with Gasteiger partial charge in [-0.25, -0.2) is 14.4 Å². The molecule has 3 rings (SSSR count). The number of amides is 1. The lowest BCUT2D eigenvalue weighted by molar-refractivity contribution is 0.0527. The highest BCUT2D eigenvalue weighted by molar-refractivity contribution is 6.33. The van der Waals surface area contributed by atoms with Crippen molar-refractivity contribution in [2.45, 2.75) is 18.9 Å². The Balaban J connectivity index is 1.69. The summed E-state index contributed by atoms with van der Waals surface area (Å²) in [6.45, 7) is 1.06. The van der Waals surface area contributed by atoms with Crippen LogP contribution in [0.3, 0.4) is 0 Å². The number of hydrogen-bond acceptors (Lipinski definition) is 4. The molecule has 2 aromatic rings. The molecule has 0 radical (unpaired) electrons. The highest BCUT2D eigenvalue weighted by Crippen LogP contribution is 2.22. The predicted octanol–water partition coefficient (Wildman–Crippen LogP) is 2.95. The molecule has 7 heteroatoms. The molecule has 1 unspecified atom stereocenters. The third kappa shape index (κ3) is 3.76. The Morgan fingerprint density at radius 3 is 3.00 bits per heavy atom. The number of hydrogen-bond donors (Lipinski definition) is 0. The molecule has 1 aromatic heterocycles. The molecule has 0 bridgehead atoms. The van der Waals surface area contributed by atoms with Gasteiger partial charge in [0.05, 0.1) is 17.1 Å². The van der Waals surface area contributed by atoms with Crippen LogP contribution >= 0.6 is 11.6 Å². The van der Waals surface area contributed by atoms with Crippen LogP contribution in [-0.2, 0) is 0 Å². The smallest absolute Gasteiger partial charge is 0.255 e. The Hall–Kier alpha value is -2.21. The molecule has 1 atom stereocenters. The monoisotopic (exact) mass is 335 g/mol. The van der Waals surface area contributed by atoms with Crippen LogP contribution in [0.15, 0.2) is 36.8 Å². The number of ether oxygens (including phenoxy) is 1. The minimum Gasteiger partial charge on any atom is -0.472 e. The molecule has 0 spiro atoms. The van der Waals surface area contributed by atoms with Crippen molar-refractivity contribution in [2.75, 3.05) is 13.1 Å². The van der Waals surface area contributed by atoms with Crippen LogP contribution in [0.2, 0.25) is 5.02 Å². The highest BCUT2D eigenvalue weighted by Gasteiger charge is 2.27. The van der Waals surface area contributed by atoms with Crippen molar-refractivity contribution in [1.82, 2.24) is 14.9 Å². The molecule has 1 saturated heterocycles. The second-order valence-electron chi connectivity index (χ2n) is 5.31. The van der Waals surface area contributed by atoms with Crippen LogP contribution in [0.25, 0.3) is 0 Å². The van der Waals surface area contributed by atoms with Gasteiger partial charge in [-0.1, -0.05) is 11.6 Å². The number of carbonyl (C=O) groups is 1. The second kappa shape index (κ2) is 6.91. The quantitative estimate of drug-likeness (QED) is 0.865. The zero-order valence-electron chi connectivity index (χ0n) is 12.3. The first kappa shape index (κ1) is 15.7. The van der Waals surface area contributed by atoms with Gasteiger partial charge in [-0.05, 0) is 31.0 Å². The summed E-state index contributed by atoms with van der Waals surface area (Å²) in [7, 11) is 0. The minimum atomic E-state index is -0.463. The molecule has 0 saturated carbocycles. The third-order valence-corrected chi connectivity index (χ3v) is 3.98. The van der Waals surface area contributed by atoms with E-state index in [4.69, 9.17) is 16.3 Å². The largest absolute Gasteiger partial charge is 0.472 e. The Labute approximate surface area is 138 Å². The van der Waals surface area contributed by atoms with Crippen LogP contribution in [0, 0.1) is 5.82 Å². The van der Waals surface area contributed by atoms with Gasteiger partial charge in [-0.15, -0.1) is 0 Å². The summed E-state index contributed by atoms with van der Waals surface area (Å²) in [5.41, 5.74) is 0.302. The van der Waals surface area contributed by atoms with E-state index in [9.17, 15) is 9.18 Å². The van der Waals surface area contributed by atoms with Crippen molar-refractivity contribution in [3.05, 3.63) is 53.2 Å². The summed E-state index contributed by atoms with van der Waals surface area (Å²) < 4.78 is 18.9. The molecule has 1 fully saturated rings. The van der Waals surface area contributed by atoms with Gasteiger partial charge in [0.1, 0.15) is 18.2 Å². The van der Waals surface area contributed by atoms with E-state index >= 15 is 0 Å². The maximum Gasteiger partial charge on any atom is 0.255 e. The summed E-state index contributed by atoms with van der Waals surface area (Å²) in [6.07, 6.45) is 4.54. The molecule has 120 valence electrons. The molecule has 23 heavy (non-hydrogen) atoms. The molecule has 1 amide bonds. The van der Waals surface area contributed by atoms with Gasteiger partial charge in [0.2, 0.25) is 5.88 Å². The minimum absolute atomic E-state index is 0.119. The van der Waals surface area contributed by atoms with Gasteiger partial charge >= 0.3 is 0 Å². The molecule has 1 aliphatic rings. The van der Waals surface area contributed by atoms with Crippen molar-refractivity contribution in [2.24, 2.45) is 0 Å². The Morgan fingerprint density at radius 2 is 2.26 bits per heavy atom. The first-order chi connectivity index (χ1) is 11.1. The summed E-state index contributed by atoms with van der Waals surface area (Å²) in [5.74, 6) is -0.194. The lowest BCUT2D eigenvalue weighted by Crippen LogP contribution is -2.44. The van der Waals surface area contributed by atoms with Crippen molar-refractivity contribution < 1.29 is 13.9 Å². The third-order valence-electron chi connectivity index (χ3n) is 3.67. The number of nitrogens with zero attached hydrogens (tertiary/aromatic N) is 3. The fraction of sp³-hybridized carbons (Fsp3) is 0.312. The number of rotatable bonds is 3. The SMILES string of the molecule is O=C(c1ccc(F)cc1Cl)N1CCCC(Oc2ccncn2)C1. The zero-order valence-corrected chi connectivity index (χ0v) is 13.0. The summed E-state index contributed by atoms with van der Waals surface area (Å²) >= 11 is 5.97. The number of benzene rings is 1. The van der Waals surface area contributed by atoms with Crippen LogP contribution in [0.4, 0.5) is 4.39 Å². The van der Waals surface area contributed by atoms with E-state index in [1.807, 2.05) is 0 Å². The molecule has 2 heterocycles. The van der Waals surface area contributed by atoms with Crippen molar-refractivity contribution in [3.63, 3.8) is 0 Å². The number of carbonyl (C=O) groups excluding carboxylic acids is 1. The van der Waals surface area contributed by atoms with E-state index in [1.165, 1.54) is 18.5 Å². The summed E-state index contributed by atoms with van der Waals surface area (Å²) in [4.78, 5) is 22.1. The Bertz CT molecular complexity index is 699. The average Bonchev–Trinajstić information content (AvgIpc) is 2.55. The Morgan fingerprint density at radius 1 is 1.39 bits per heavy atom. The van der Waals surface area contributed by atoms with E-state index in [1.54, 1.807) is 17.2 Å². The summed E-state index contributed by atoms with van der Waals surface area (Å²) in [6, 6.07) is 5.47. The van der Waals surface area contributed by atoms with Gasteiger partial charge < -0.3 is 9.64 Å². The molecule has 5 nitrogen and oxygen atoms in total. The molecule has 1 aliphatic heterocycles. The fourth-order valence-electron chi connectivity index (χ4n) is 2.57. The van der Waals surface area contributed by atoms with Gasteiger partial charge in [-0.3, -0.25) is 4.79 Å². The Kier molecular flexibility index (Phi) is 4.71. The highest BCUT2D eigenvalue weighted by atomic mass is 35.5. The summed E-state index contributed by atoms with van der Waals surface area (Å²) in [5, 5.41) is 0.119. The standard InChI is InChI=1S/C16H15ClFN3O2/c17-14-8-11(18)3-4-13(14)16(22)21-7-1-2-12(9-21)23-15-5-6-19-10-20-15/h3-6,8,10,12H,1-2,7,9H2. The van der Waals surface area contributed by atoms with Crippen molar-refractivity contribution in [1.29, 1.82) is 0 Å². The lowest BCUT2D eigenvalue weighted by Gasteiger charge is -2.32. The van der Waals surface area contributed by atoms with Crippen molar-refractivity contribution in [3.8, 4) is 5.88 Å². The lowest BCUT2D eigenvalue weighted by atomic mass is 10.1. The first-order valence-corrected chi connectivity index (χ1v) is 7.68. The maximum absolute atomic E-state index is 13.1. The zero-order chi connectivity index (χ0) is 16.2. The normalized spacial score (nSPS) is 17.8. The number of piperidine rings is 1. The molecular weight excluding hydrogens is 321 g/mol. The van der Waals surface area contributed by atoms with Crippen LogP contribution in [0.1, 0.15) is 23.2 Å². The van der Waals surface area contributed by atoms with Crippen LogP contribution in [0.5, 0.6) is 5.88 Å². The average molecular weight is 336 g/mol. The number of halogens is 2. The van der Waals surface area contributed by atoms with E-state index < -0.39 is 5.82 Å². The topological polar surface area (TPSA) is 55.3 Å². The molecule has 0 N–H and O–H groups in total. The fourth-order valence-corrected chi connectivity index (χ4v) is 2.82. The first-order valence-electron chi connectivity index (χ1n) is 7.30. The predicted molar refractivity (Wildman–Crippen MR) is 83.0 cm³/mol. The maximum atomic E-state index is 13.1. The van der Waals surface area contributed by atoms with Gasteiger partial charge in [-0.2, -0.15) is 0 Å². The van der Waals surface area contributed by atoms with Gasteiger partial charge in [0.15, 0.2) is 0 Å². The van der Waals surface area contributed by atoms with Gasteiger partial charge in [0, 0.05) is 18.8 Å². The van der Waals surface area contributed by atoms with Crippen molar-refractivity contribution >= 4 is 17.5 Å². The second-order valence-corrected chi connectivity index (χ2v) is 5.71. The van der Waals surface area contributed by atoms with Gasteiger partial charge in [0.25, 0.3) is 5.91 Å². The van der Waals surface area contributed by atoms with Crippen LogP contribution in [-0.4, -0.2) is 40.0 Å². The number of likely N-dealkylation sites (tertiary alicyclic amines) is 1.